The fraction of sp³-hybridized carbons (Fsp3) is 0.615. The second kappa shape index (κ2) is 4.92. The zero-order valence-corrected chi connectivity index (χ0v) is 12.2. The molecule has 1 aromatic heterocycles. The molecule has 1 saturated heterocycles. The van der Waals surface area contributed by atoms with Crippen molar-refractivity contribution in [1.82, 2.24) is 9.88 Å². The van der Waals surface area contributed by atoms with E-state index in [0.717, 1.165) is 5.69 Å². The Balaban J connectivity index is 2.18. The van der Waals surface area contributed by atoms with Crippen molar-refractivity contribution in [2.45, 2.75) is 32.6 Å². The van der Waals surface area contributed by atoms with E-state index >= 15 is 0 Å². The molecule has 1 aliphatic heterocycles. The van der Waals surface area contributed by atoms with Crippen molar-refractivity contribution in [1.29, 1.82) is 0 Å². The minimum Gasteiger partial charge on any atom is -0.481 e. The first-order valence-corrected chi connectivity index (χ1v) is 7.14. The topological polar surface area (TPSA) is 70.5 Å². The highest BCUT2D eigenvalue weighted by Gasteiger charge is 2.34. The quantitative estimate of drug-likeness (QED) is 0.900. The average Bonchev–Trinajstić information content (AvgIpc) is 2.96. The maximum absolute atomic E-state index is 12.4. The molecule has 0 saturated carbocycles. The SMILES string of the molecule is CC(C)(C)c1ncsc1C(=O)N1CCC(C(=O)O)C1. The summed E-state index contributed by atoms with van der Waals surface area (Å²) in [5.74, 6) is -1.35. The zero-order chi connectivity index (χ0) is 14.2. The molecule has 0 spiro atoms. The van der Waals surface area contributed by atoms with Crippen LogP contribution in [0, 0.1) is 5.92 Å². The van der Waals surface area contributed by atoms with Crippen LogP contribution >= 0.6 is 11.3 Å². The molecule has 6 heteroatoms. The van der Waals surface area contributed by atoms with Gasteiger partial charge in [0.2, 0.25) is 0 Å². The van der Waals surface area contributed by atoms with Crippen molar-refractivity contribution in [3.63, 3.8) is 0 Å². The van der Waals surface area contributed by atoms with Crippen molar-refractivity contribution < 1.29 is 14.7 Å². The molecular weight excluding hydrogens is 264 g/mol. The van der Waals surface area contributed by atoms with E-state index in [0.29, 0.717) is 24.4 Å². The molecule has 0 bridgehead atoms. The lowest BCUT2D eigenvalue weighted by molar-refractivity contribution is -0.141. The van der Waals surface area contributed by atoms with Crippen LogP contribution in [0.4, 0.5) is 0 Å². The van der Waals surface area contributed by atoms with E-state index in [1.165, 1.54) is 11.3 Å². The van der Waals surface area contributed by atoms with Gasteiger partial charge in [-0.3, -0.25) is 9.59 Å². The van der Waals surface area contributed by atoms with Gasteiger partial charge in [0, 0.05) is 18.5 Å². The molecule has 1 N–H and O–H groups in total. The Bertz CT molecular complexity index is 504. The number of aromatic nitrogens is 1. The van der Waals surface area contributed by atoms with Gasteiger partial charge in [0.15, 0.2) is 0 Å². The first-order valence-electron chi connectivity index (χ1n) is 6.26. The summed E-state index contributed by atoms with van der Waals surface area (Å²) in [6.45, 7) is 6.86. The number of carbonyl (C=O) groups excluding carboxylic acids is 1. The van der Waals surface area contributed by atoms with E-state index in [-0.39, 0.29) is 11.3 Å². The van der Waals surface area contributed by atoms with Gasteiger partial charge < -0.3 is 10.0 Å². The van der Waals surface area contributed by atoms with Crippen LogP contribution in [0.1, 0.15) is 42.6 Å². The third-order valence-electron chi connectivity index (χ3n) is 3.30. The minimum atomic E-state index is -0.823. The number of aliphatic carboxylic acids is 1. The minimum absolute atomic E-state index is 0.0869. The van der Waals surface area contributed by atoms with Gasteiger partial charge in [-0.1, -0.05) is 20.8 Å². The number of hydrogen-bond donors (Lipinski definition) is 1. The number of thiazole rings is 1. The zero-order valence-electron chi connectivity index (χ0n) is 11.3. The molecule has 19 heavy (non-hydrogen) atoms. The maximum Gasteiger partial charge on any atom is 0.308 e. The summed E-state index contributed by atoms with van der Waals surface area (Å²) < 4.78 is 0. The molecule has 1 amide bonds. The Morgan fingerprint density at radius 2 is 2.16 bits per heavy atom. The summed E-state index contributed by atoms with van der Waals surface area (Å²) >= 11 is 1.33. The molecule has 1 unspecified atom stereocenters. The number of carboxylic acid groups (broad SMARTS) is 1. The summed E-state index contributed by atoms with van der Waals surface area (Å²) in [7, 11) is 0. The summed E-state index contributed by atoms with van der Waals surface area (Å²) in [6, 6.07) is 0. The highest BCUT2D eigenvalue weighted by Crippen LogP contribution is 2.29. The van der Waals surface area contributed by atoms with E-state index in [4.69, 9.17) is 5.11 Å². The van der Waals surface area contributed by atoms with Crippen LogP contribution in [0.3, 0.4) is 0 Å². The van der Waals surface area contributed by atoms with Gasteiger partial charge >= 0.3 is 5.97 Å². The number of nitrogens with zero attached hydrogens (tertiary/aromatic N) is 2. The molecule has 1 fully saturated rings. The first-order chi connectivity index (χ1) is 8.80. The molecule has 0 aromatic carbocycles. The molecule has 2 heterocycles. The van der Waals surface area contributed by atoms with Gasteiger partial charge in [-0.25, -0.2) is 4.98 Å². The lowest BCUT2D eigenvalue weighted by Gasteiger charge is -2.20. The summed E-state index contributed by atoms with van der Waals surface area (Å²) in [6.07, 6.45) is 0.532. The number of carboxylic acids is 1. The third-order valence-corrected chi connectivity index (χ3v) is 4.11. The lowest BCUT2D eigenvalue weighted by atomic mass is 9.91. The first kappa shape index (κ1) is 14.0. The Morgan fingerprint density at radius 3 is 2.68 bits per heavy atom. The number of rotatable bonds is 2. The Labute approximate surface area is 116 Å². The van der Waals surface area contributed by atoms with Gasteiger partial charge in [0.25, 0.3) is 5.91 Å². The predicted octanol–water partition coefficient (Wildman–Crippen LogP) is 1.99. The Kier molecular flexibility index (Phi) is 3.62. The normalized spacial score (nSPS) is 19.7. The molecule has 104 valence electrons. The fourth-order valence-corrected chi connectivity index (χ4v) is 3.19. The van der Waals surface area contributed by atoms with E-state index < -0.39 is 11.9 Å². The van der Waals surface area contributed by atoms with Crippen molar-refractivity contribution in [2.75, 3.05) is 13.1 Å². The van der Waals surface area contributed by atoms with Gasteiger partial charge in [0.1, 0.15) is 4.88 Å². The molecule has 2 rings (SSSR count). The summed E-state index contributed by atoms with van der Waals surface area (Å²) in [5.41, 5.74) is 2.29. The highest BCUT2D eigenvalue weighted by molar-refractivity contribution is 7.11. The lowest BCUT2D eigenvalue weighted by Crippen LogP contribution is -2.31. The van der Waals surface area contributed by atoms with Gasteiger partial charge in [-0.2, -0.15) is 0 Å². The summed E-state index contributed by atoms with van der Waals surface area (Å²) in [4.78, 5) is 29.9. The Hall–Kier alpha value is -1.43. The predicted molar refractivity (Wildman–Crippen MR) is 72.5 cm³/mol. The van der Waals surface area contributed by atoms with Crippen LogP contribution in [0.5, 0.6) is 0 Å². The standard InChI is InChI=1S/C13H18N2O3S/c1-13(2,3)10-9(19-7-14-10)11(16)15-5-4-8(6-15)12(17)18/h7-8H,4-6H2,1-3H3,(H,17,18). The Morgan fingerprint density at radius 1 is 1.47 bits per heavy atom. The van der Waals surface area contributed by atoms with Crippen LogP contribution in [0.2, 0.25) is 0 Å². The maximum atomic E-state index is 12.4. The van der Waals surface area contributed by atoms with Crippen molar-refractivity contribution in [3.8, 4) is 0 Å². The van der Waals surface area contributed by atoms with E-state index in [1.807, 2.05) is 20.8 Å². The number of amides is 1. The van der Waals surface area contributed by atoms with Gasteiger partial charge in [0.05, 0.1) is 17.1 Å². The van der Waals surface area contributed by atoms with Crippen LogP contribution in [0.15, 0.2) is 5.51 Å². The number of hydrogen-bond acceptors (Lipinski definition) is 4. The second-order valence-electron chi connectivity index (χ2n) is 5.86. The molecule has 1 aromatic rings. The van der Waals surface area contributed by atoms with Crippen molar-refractivity contribution in [3.05, 3.63) is 16.1 Å². The highest BCUT2D eigenvalue weighted by atomic mass is 32.1. The average molecular weight is 282 g/mol. The van der Waals surface area contributed by atoms with E-state index in [1.54, 1.807) is 10.4 Å². The molecule has 0 radical (unpaired) electrons. The van der Waals surface area contributed by atoms with Gasteiger partial charge in [-0.15, -0.1) is 11.3 Å². The monoisotopic (exact) mass is 282 g/mol. The molecule has 0 aliphatic carbocycles. The molecule has 1 atom stereocenters. The fourth-order valence-electron chi connectivity index (χ4n) is 2.22. The molecule has 5 nitrogen and oxygen atoms in total. The van der Waals surface area contributed by atoms with E-state index in [9.17, 15) is 9.59 Å². The van der Waals surface area contributed by atoms with Crippen LogP contribution in [-0.4, -0.2) is 40.0 Å². The van der Waals surface area contributed by atoms with Crippen LogP contribution in [-0.2, 0) is 10.2 Å². The number of carbonyl (C=O) groups is 2. The van der Waals surface area contributed by atoms with Crippen molar-refractivity contribution >= 4 is 23.2 Å². The van der Waals surface area contributed by atoms with Crippen molar-refractivity contribution in [2.24, 2.45) is 5.92 Å². The summed E-state index contributed by atoms with van der Waals surface area (Å²) in [5, 5.41) is 8.98. The molecular formula is C13H18N2O3S. The smallest absolute Gasteiger partial charge is 0.308 e. The molecule has 1 aliphatic rings. The second-order valence-corrected chi connectivity index (χ2v) is 6.71. The third kappa shape index (κ3) is 2.78. The van der Waals surface area contributed by atoms with Crippen LogP contribution < -0.4 is 0 Å². The largest absolute Gasteiger partial charge is 0.481 e. The van der Waals surface area contributed by atoms with Gasteiger partial charge in [-0.05, 0) is 6.42 Å². The van der Waals surface area contributed by atoms with E-state index in [2.05, 4.69) is 4.98 Å². The number of likely N-dealkylation sites (tertiary alicyclic amines) is 1. The van der Waals surface area contributed by atoms with Crippen LogP contribution in [0.25, 0.3) is 0 Å².